The molecule has 1 aromatic carbocycles. The lowest BCUT2D eigenvalue weighted by Gasteiger charge is -2.41. The Morgan fingerprint density at radius 3 is 2.57 bits per heavy atom. The van der Waals surface area contributed by atoms with Gasteiger partial charge >= 0.3 is 6.18 Å². The average molecular weight is 390 g/mol. The van der Waals surface area contributed by atoms with Crippen molar-refractivity contribution in [1.82, 2.24) is 14.9 Å². The van der Waals surface area contributed by atoms with Gasteiger partial charge in [0.2, 0.25) is 11.9 Å². The van der Waals surface area contributed by atoms with Crippen molar-refractivity contribution < 1.29 is 22.8 Å². The maximum atomic E-state index is 13.1. The van der Waals surface area contributed by atoms with Crippen molar-refractivity contribution in [1.29, 1.82) is 0 Å². The highest BCUT2D eigenvalue weighted by molar-refractivity contribution is 6.01. The number of carbonyl (C=O) groups excluding carboxylic acids is 2. The Labute approximate surface area is 158 Å². The number of carbonyl (C=O) groups is 2. The van der Waals surface area contributed by atoms with Crippen LogP contribution >= 0.6 is 0 Å². The number of alkyl halides is 3. The van der Waals surface area contributed by atoms with Crippen molar-refractivity contribution >= 4 is 17.8 Å². The number of amides is 2. The summed E-state index contributed by atoms with van der Waals surface area (Å²) >= 11 is 0. The highest BCUT2D eigenvalue weighted by atomic mass is 19.4. The number of aromatic nitrogens is 2. The lowest BCUT2D eigenvalue weighted by Crippen LogP contribution is -2.52. The summed E-state index contributed by atoms with van der Waals surface area (Å²) in [5.41, 5.74) is -0.631. The van der Waals surface area contributed by atoms with Crippen LogP contribution in [-0.4, -0.2) is 39.3 Å². The molecule has 2 amide bonds. The van der Waals surface area contributed by atoms with Gasteiger partial charge < -0.3 is 4.90 Å². The molecule has 9 heteroatoms. The van der Waals surface area contributed by atoms with Gasteiger partial charge in [-0.15, -0.1) is 0 Å². The predicted molar refractivity (Wildman–Crippen MR) is 93.5 cm³/mol. The number of fused-ring (bicyclic) bond motifs is 2. The fourth-order valence-corrected chi connectivity index (χ4v) is 3.89. The van der Waals surface area contributed by atoms with E-state index in [-0.39, 0.29) is 18.1 Å². The lowest BCUT2D eigenvalue weighted by molar-refractivity contribution is -0.137. The van der Waals surface area contributed by atoms with E-state index in [1.54, 1.807) is 13.0 Å². The topological polar surface area (TPSA) is 75.2 Å². The fourth-order valence-electron chi connectivity index (χ4n) is 3.89. The van der Waals surface area contributed by atoms with Gasteiger partial charge in [0, 0.05) is 29.4 Å². The molecule has 28 heavy (non-hydrogen) atoms. The maximum absolute atomic E-state index is 13.1. The zero-order valence-electron chi connectivity index (χ0n) is 15.0. The number of hydrogen-bond donors (Lipinski definition) is 1. The summed E-state index contributed by atoms with van der Waals surface area (Å²) in [7, 11) is 0. The minimum absolute atomic E-state index is 0.126. The molecule has 0 saturated heterocycles. The van der Waals surface area contributed by atoms with Crippen LogP contribution in [0.15, 0.2) is 36.7 Å². The lowest BCUT2D eigenvalue weighted by atomic mass is 9.80. The average Bonchev–Trinajstić information content (AvgIpc) is 3.45. The van der Waals surface area contributed by atoms with E-state index in [1.165, 1.54) is 23.4 Å². The van der Waals surface area contributed by atoms with Crippen molar-refractivity contribution in [3.63, 3.8) is 0 Å². The Balaban J connectivity index is 1.62. The third-order valence-electron chi connectivity index (χ3n) is 5.56. The molecule has 2 aromatic rings. The van der Waals surface area contributed by atoms with E-state index in [4.69, 9.17) is 0 Å². The zero-order chi connectivity index (χ0) is 20.1. The van der Waals surface area contributed by atoms with Crippen LogP contribution in [0.25, 0.3) is 0 Å². The Morgan fingerprint density at radius 1 is 1.29 bits per heavy atom. The summed E-state index contributed by atoms with van der Waals surface area (Å²) in [5.74, 6) is -0.781. The minimum Gasteiger partial charge on any atom is -0.326 e. The molecule has 1 atom stereocenters. The molecule has 1 N–H and O–H groups in total. The van der Waals surface area contributed by atoms with Gasteiger partial charge in [0.1, 0.15) is 6.54 Å². The van der Waals surface area contributed by atoms with Crippen LogP contribution in [-0.2, 0) is 16.4 Å². The number of nitrogens with zero attached hydrogens (tertiary/aromatic N) is 3. The second-order valence-electron chi connectivity index (χ2n) is 7.14. The smallest absolute Gasteiger partial charge is 0.326 e. The van der Waals surface area contributed by atoms with E-state index in [9.17, 15) is 22.8 Å². The molecule has 1 aromatic heterocycles. The van der Waals surface area contributed by atoms with Crippen molar-refractivity contribution in [3.05, 3.63) is 53.3 Å². The number of rotatable bonds is 3. The monoisotopic (exact) mass is 390 g/mol. The summed E-state index contributed by atoms with van der Waals surface area (Å²) in [4.78, 5) is 34.5. The molecule has 2 aliphatic rings. The van der Waals surface area contributed by atoms with Crippen LogP contribution in [0.3, 0.4) is 0 Å². The molecule has 1 aliphatic carbocycles. The molecular formula is C19H17F3N4O2. The van der Waals surface area contributed by atoms with Gasteiger partial charge in [0.15, 0.2) is 0 Å². The molecule has 1 saturated carbocycles. The second kappa shape index (κ2) is 6.29. The summed E-state index contributed by atoms with van der Waals surface area (Å²) in [6.45, 7) is 1.56. The molecule has 1 spiro atoms. The first-order valence-electron chi connectivity index (χ1n) is 8.82. The molecule has 0 bridgehead atoms. The molecule has 1 fully saturated rings. The van der Waals surface area contributed by atoms with Crippen LogP contribution < -0.4 is 5.32 Å². The predicted octanol–water partition coefficient (Wildman–Crippen LogP) is 3.01. The van der Waals surface area contributed by atoms with Crippen LogP contribution in [0, 0.1) is 0 Å². The zero-order valence-corrected chi connectivity index (χ0v) is 15.0. The van der Waals surface area contributed by atoms with Gasteiger partial charge in [0.05, 0.1) is 5.56 Å². The van der Waals surface area contributed by atoms with Crippen LogP contribution in [0.4, 0.5) is 19.1 Å². The molecule has 0 radical (unpaired) electrons. The SMILES string of the molecule is C[C@H]1N(CC(=O)Nc2ncccn2)C(=O)c2ccc(C(F)(F)F)cc2C12CC2. The van der Waals surface area contributed by atoms with E-state index in [0.717, 1.165) is 12.1 Å². The second-order valence-corrected chi connectivity index (χ2v) is 7.14. The molecule has 4 rings (SSSR count). The summed E-state index contributed by atoms with van der Waals surface area (Å²) in [6.07, 6.45) is -0.161. The summed E-state index contributed by atoms with van der Waals surface area (Å²) in [6, 6.07) is 4.44. The molecule has 0 unspecified atom stereocenters. The van der Waals surface area contributed by atoms with Gasteiger partial charge in [-0.3, -0.25) is 14.9 Å². The van der Waals surface area contributed by atoms with Crippen molar-refractivity contribution in [2.45, 2.75) is 37.4 Å². The minimum atomic E-state index is -4.47. The first kappa shape index (κ1) is 18.4. The number of benzene rings is 1. The fraction of sp³-hybridized carbons (Fsp3) is 0.368. The number of nitrogens with one attached hydrogen (secondary N) is 1. The molecule has 6 nitrogen and oxygen atoms in total. The maximum Gasteiger partial charge on any atom is 0.416 e. The molecule has 1 aliphatic heterocycles. The van der Waals surface area contributed by atoms with E-state index in [1.807, 2.05) is 0 Å². The Morgan fingerprint density at radius 2 is 1.96 bits per heavy atom. The van der Waals surface area contributed by atoms with Gasteiger partial charge in [-0.1, -0.05) is 0 Å². The van der Waals surface area contributed by atoms with E-state index >= 15 is 0 Å². The van der Waals surface area contributed by atoms with Gasteiger partial charge in [-0.05, 0) is 49.6 Å². The molecule has 146 valence electrons. The number of hydrogen-bond acceptors (Lipinski definition) is 4. The third-order valence-corrected chi connectivity index (χ3v) is 5.56. The Bertz CT molecular complexity index is 942. The quantitative estimate of drug-likeness (QED) is 0.874. The summed E-state index contributed by atoms with van der Waals surface area (Å²) in [5, 5.41) is 2.53. The van der Waals surface area contributed by atoms with Gasteiger partial charge in [-0.25, -0.2) is 9.97 Å². The van der Waals surface area contributed by atoms with Gasteiger partial charge in [-0.2, -0.15) is 13.2 Å². The largest absolute Gasteiger partial charge is 0.416 e. The van der Waals surface area contributed by atoms with Crippen LogP contribution in [0.1, 0.15) is 41.3 Å². The van der Waals surface area contributed by atoms with E-state index in [2.05, 4.69) is 15.3 Å². The van der Waals surface area contributed by atoms with E-state index in [0.29, 0.717) is 18.4 Å². The molecular weight excluding hydrogens is 373 g/mol. The van der Waals surface area contributed by atoms with Crippen LogP contribution in [0.2, 0.25) is 0 Å². The van der Waals surface area contributed by atoms with Gasteiger partial charge in [0.25, 0.3) is 5.91 Å². The first-order chi connectivity index (χ1) is 13.2. The highest BCUT2D eigenvalue weighted by Gasteiger charge is 2.57. The first-order valence-corrected chi connectivity index (χ1v) is 8.82. The standard InChI is InChI=1S/C19H17F3N4O2/c1-11-18(5-6-18)14-9-12(19(20,21)22)3-4-13(14)16(28)26(11)10-15(27)25-17-23-7-2-8-24-17/h2-4,7-9,11H,5-6,10H2,1H3,(H,23,24,25,27)/t11-/m1/s1. The highest BCUT2D eigenvalue weighted by Crippen LogP contribution is 2.56. The van der Waals surface area contributed by atoms with Crippen molar-refractivity contribution in [2.24, 2.45) is 0 Å². The number of anilines is 1. The third kappa shape index (κ3) is 3.00. The number of halogens is 3. The van der Waals surface area contributed by atoms with E-state index < -0.39 is 35.0 Å². The Hall–Kier alpha value is -2.97. The Kier molecular flexibility index (Phi) is 4.13. The van der Waals surface area contributed by atoms with Crippen molar-refractivity contribution in [2.75, 3.05) is 11.9 Å². The summed E-state index contributed by atoms with van der Waals surface area (Å²) < 4.78 is 39.4. The van der Waals surface area contributed by atoms with Crippen LogP contribution in [0.5, 0.6) is 0 Å². The van der Waals surface area contributed by atoms with Crippen molar-refractivity contribution in [3.8, 4) is 0 Å². The normalized spacial score (nSPS) is 20.1. The molecule has 2 heterocycles.